The van der Waals surface area contributed by atoms with E-state index in [9.17, 15) is 0 Å². The van der Waals surface area contributed by atoms with Gasteiger partial charge in [-0.15, -0.1) is 10.2 Å². The van der Waals surface area contributed by atoms with Gasteiger partial charge in [-0.2, -0.15) is 5.21 Å². The van der Waals surface area contributed by atoms with Crippen molar-refractivity contribution < 1.29 is 4.74 Å². The van der Waals surface area contributed by atoms with Crippen molar-refractivity contribution in [3.05, 3.63) is 71.8 Å². The minimum absolute atomic E-state index is 0.357. The first kappa shape index (κ1) is 14.9. The topological polar surface area (TPSA) is 89.5 Å². The SMILES string of the molecule is C(=Cc1nn[nH]n1)c1cccc(OCc2cnc3ccccc3n2)c1. The Morgan fingerprint density at radius 2 is 1.92 bits per heavy atom. The average molecular weight is 330 g/mol. The number of H-pyrrole nitrogens is 1. The zero-order valence-corrected chi connectivity index (χ0v) is 13.2. The Bertz CT molecular complexity index is 1010. The zero-order chi connectivity index (χ0) is 16.9. The Morgan fingerprint density at radius 3 is 2.80 bits per heavy atom. The maximum absolute atomic E-state index is 5.83. The van der Waals surface area contributed by atoms with Gasteiger partial charge in [0.2, 0.25) is 0 Å². The smallest absolute Gasteiger partial charge is 0.197 e. The van der Waals surface area contributed by atoms with Crippen molar-refractivity contribution in [1.29, 1.82) is 0 Å². The van der Waals surface area contributed by atoms with E-state index in [0.29, 0.717) is 12.4 Å². The number of aromatic nitrogens is 6. The van der Waals surface area contributed by atoms with Gasteiger partial charge >= 0.3 is 0 Å². The number of hydrogen-bond donors (Lipinski definition) is 1. The van der Waals surface area contributed by atoms with Gasteiger partial charge in [-0.05, 0) is 41.1 Å². The van der Waals surface area contributed by atoms with Gasteiger partial charge in [-0.25, -0.2) is 4.98 Å². The van der Waals surface area contributed by atoms with Crippen LogP contribution in [0.1, 0.15) is 17.1 Å². The molecule has 0 aliphatic rings. The minimum atomic E-state index is 0.357. The lowest BCUT2D eigenvalue weighted by Crippen LogP contribution is -1.99. The Kier molecular flexibility index (Phi) is 4.11. The van der Waals surface area contributed by atoms with Crippen LogP contribution in [0.15, 0.2) is 54.7 Å². The summed E-state index contributed by atoms with van der Waals surface area (Å²) in [5.74, 6) is 1.28. The molecule has 7 nitrogen and oxygen atoms in total. The van der Waals surface area contributed by atoms with Gasteiger partial charge in [0.25, 0.3) is 0 Å². The molecule has 4 rings (SSSR count). The van der Waals surface area contributed by atoms with Crippen molar-refractivity contribution >= 4 is 23.2 Å². The first-order valence-corrected chi connectivity index (χ1v) is 7.72. The van der Waals surface area contributed by atoms with E-state index in [4.69, 9.17) is 4.74 Å². The van der Waals surface area contributed by atoms with E-state index in [1.54, 1.807) is 12.3 Å². The van der Waals surface area contributed by atoms with Gasteiger partial charge in [0.15, 0.2) is 5.82 Å². The zero-order valence-electron chi connectivity index (χ0n) is 13.2. The Hall–Kier alpha value is -3.61. The quantitative estimate of drug-likeness (QED) is 0.605. The molecule has 0 aliphatic heterocycles. The van der Waals surface area contributed by atoms with Crippen LogP contribution in [0.4, 0.5) is 0 Å². The van der Waals surface area contributed by atoms with Crippen LogP contribution in [0.2, 0.25) is 0 Å². The van der Waals surface area contributed by atoms with E-state index in [0.717, 1.165) is 28.0 Å². The number of fused-ring (bicyclic) bond motifs is 1. The Morgan fingerprint density at radius 1 is 1.00 bits per heavy atom. The number of nitrogens with zero attached hydrogens (tertiary/aromatic N) is 5. The highest BCUT2D eigenvalue weighted by molar-refractivity contribution is 5.73. The van der Waals surface area contributed by atoms with Crippen LogP contribution >= 0.6 is 0 Å². The van der Waals surface area contributed by atoms with Crippen molar-refractivity contribution in [2.24, 2.45) is 0 Å². The van der Waals surface area contributed by atoms with Crippen LogP contribution in [0.3, 0.4) is 0 Å². The molecule has 1 N–H and O–H groups in total. The van der Waals surface area contributed by atoms with Crippen LogP contribution in [-0.4, -0.2) is 30.6 Å². The molecule has 0 unspecified atom stereocenters. The second kappa shape index (κ2) is 6.88. The van der Waals surface area contributed by atoms with E-state index >= 15 is 0 Å². The van der Waals surface area contributed by atoms with Crippen molar-refractivity contribution in [2.45, 2.75) is 6.61 Å². The fourth-order valence-electron chi connectivity index (χ4n) is 2.34. The van der Waals surface area contributed by atoms with E-state index in [2.05, 4.69) is 30.6 Å². The number of aromatic amines is 1. The summed E-state index contributed by atoms with van der Waals surface area (Å²) in [6, 6.07) is 15.5. The molecule has 2 aromatic heterocycles. The molecule has 0 amide bonds. The molecule has 0 aliphatic carbocycles. The minimum Gasteiger partial charge on any atom is -0.487 e. The summed E-state index contributed by atoms with van der Waals surface area (Å²) in [6.07, 6.45) is 5.41. The van der Waals surface area contributed by atoms with Gasteiger partial charge in [0.05, 0.1) is 22.9 Å². The average Bonchev–Trinajstić information content (AvgIpc) is 3.19. The highest BCUT2D eigenvalue weighted by Gasteiger charge is 2.01. The number of hydrogen-bond acceptors (Lipinski definition) is 6. The van der Waals surface area contributed by atoms with Crippen molar-refractivity contribution in [3.63, 3.8) is 0 Å². The Balaban J connectivity index is 1.46. The van der Waals surface area contributed by atoms with Gasteiger partial charge < -0.3 is 4.74 Å². The maximum Gasteiger partial charge on any atom is 0.197 e. The summed E-state index contributed by atoms with van der Waals surface area (Å²) in [5, 5.41) is 13.7. The first-order chi connectivity index (χ1) is 12.4. The lowest BCUT2D eigenvalue weighted by Gasteiger charge is -2.07. The Labute approximate surface area is 143 Å². The van der Waals surface area contributed by atoms with Crippen molar-refractivity contribution in [2.75, 3.05) is 0 Å². The number of para-hydroxylation sites is 2. The molecule has 0 fully saturated rings. The summed E-state index contributed by atoms with van der Waals surface area (Å²) in [4.78, 5) is 8.95. The fourth-order valence-corrected chi connectivity index (χ4v) is 2.34. The van der Waals surface area contributed by atoms with Crippen LogP contribution in [0.25, 0.3) is 23.2 Å². The molecule has 2 heterocycles. The third kappa shape index (κ3) is 3.66. The third-order valence-corrected chi connectivity index (χ3v) is 3.53. The molecule has 0 atom stereocenters. The molecular weight excluding hydrogens is 316 g/mol. The molecule has 0 saturated carbocycles. The monoisotopic (exact) mass is 330 g/mol. The maximum atomic E-state index is 5.83. The number of ether oxygens (including phenoxy) is 1. The molecule has 0 bridgehead atoms. The van der Waals surface area contributed by atoms with Gasteiger partial charge in [0.1, 0.15) is 12.4 Å². The lowest BCUT2D eigenvalue weighted by molar-refractivity contribution is 0.301. The van der Waals surface area contributed by atoms with E-state index in [-0.39, 0.29) is 0 Å². The molecular formula is C18H14N6O. The van der Waals surface area contributed by atoms with E-state index in [1.165, 1.54) is 0 Å². The van der Waals surface area contributed by atoms with Gasteiger partial charge in [-0.3, -0.25) is 4.98 Å². The van der Waals surface area contributed by atoms with E-state index < -0.39 is 0 Å². The predicted molar refractivity (Wildman–Crippen MR) is 93.4 cm³/mol. The van der Waals surface area contributed by atoms with E-state index in [1.807, 2.05) is 54.6 Å². The second-order valence-corrected chi connectivity index (χ2v) is 5.31. The van der Waals surface area contributed by atoms with Gasteiger partial charge in [-0.1, -0.05) is 30.3 Å². The van der Waals surface area contributed by atoms with Gasteiger partial charge in [0, 0.05) is 0 Å². The molecule has 122 valence electrons. The number of tetrazole rings is 1. The molecule has 7 heteroatoms. The molecule has 2 aromatic carbocycles. The molecule has 0 saturated heterocycles. The summed E-state index contributed by atoms with van der Waals surface area (Å²) in [6.45, 7) is 0.357. The number of rotatable bonds is 5. The predicted octanol–water partition coefficient (Wildman–Crippen LogP) is 2.89. The standard InChI is InChI=1S/C18H14N6O/c1-2-7-17-16(6-1)19-11-14(20-17)12-25-15-5-3-4-13(10-15)8-9-18-21-23-24-22-18/h1-11H,12H2,(H,21,22,23,24). The molecule has 0 radical (unpaired) electrons. The van der Waals surface area contributed by atoms with Crippen LogP contribution < -0.4 is 4.74 Å². The largest absolute Gasteiger partial charge is 0.487 e. The second-order valence-electron chi connectivity index (χ2n) is 5.31. The highest BCUT2D eigenvalue weighted by Crippen LogP contribution is 2.17. The summed E-state index contributed by atoms with van der Waals surface area (Å²) in [5.41, 5.74) is 3.50. The van der Waals surface area contributed by atoms with Crippen molar-refractivity contribution in [1.82, 2.24) is 30.6 Å². The highest BCUT2D eigenvalue weighted by atomic mass is 16.5. The third-order valence-electron chi connectivity index (χ3n) is 3.53. The summed E-state index contributed by atoms with van der Waals surface area (Å²) < 4.78 is 5.83. The van der Waals surface area contributed by atoms with Crippen molar-refractivity contribution in [3.8, 4) is 5.75 Å². The first-order valence-electron chi connectivity index (χ1n) is 7.72. The normalized spacial score (nSPS) is 11.2. The molecule has 0 spiro atoms. The van der Waals surface area contributed by atoms with Crippen LogP contribution in [-0.2, 0) is 6.61 Å². The number of nitrogens with one attached hydrogen (secondary N) is 1. The fraction of sp³-hybridized carbons (Fsp3) is 0.0556. The molecule has 4 aromatic rings. The summed E-state index contributed by atoms with van der Waals surface area (Å²) in [7, 11) is 0. The van der Waals surface area contributed by atoms with Crippen LogP contribution in [0, 0.1) is 0 Å². The molecule has 25 heavy (non-hydrogen) atoms. The number of benzene rings is 2. The van der Waals surface area contributed by atoms with Crippen LogP contribution in [0.5, 0.6) is 5.75 Å². The summed E-state index contributed by atoms with van der Waals surface area (Å²) >= 11 is 0. The lowest BCUT2D eigenvalue weighted by atomic mass is 10.2.